The predicted molar refractivity (Wildman–Crippen MR) is 65.2 cm³/mol. The van der Waals surface area contributed by atoms with Gasteiger partial charge in [0.15, 0.2) is 5.65 Å². The minimum Gasteiger partial charge on any atom is -0.376 e. The highest BCUT2D eigenvalue weighted by atomic mass is 16.5. The molecule has 1 N–H and O–H groups in total. The first-order chi connectivity index (χ1) is 8.33. The molecule has 1 atom stereocenters. The van der Waals surface area contributed by atoms with E-state index in [1.807, 2.05) is 25.3 Å². The van der Waals surface area contributed by atoms with Gasteiger partial charge < -0.3 is 10.1 Å². The van der Waals surface area contributed by atoms with E-state index in [2.05, 4.69) is 15.4 Å². The lowest BCUT2D eigenvalue weighted by Gasteiger charge is -2.08. The van der Waals surface area contributed by atoms with Gasteiger partial charge >= 0.3 is 0 Å². The zero-order valence-electron chi connectivity index (χ0n) is 9.89. The van der Waals surface area contributed by atoms with E-state index in [0.717, 1.165) is 37.2 Å². The number of anilines is 1. The van der Waals surface area contributed by atoms with Crippen molar-refractivity contribution in [1.82, 2.24) is 14.6 Å². The fourth-order valence-electron chi connectivity index (χ4n) is 2.12. The minimum atomic E-state index is 0.308. The second-order valence-electron chi connectivity index (χ2n) is 4.41. The lowest BCUT2D eigenvalue weighted by molar-refractivity contribution is 0.120. The number of fused-ring (bicyclic) bond motifs is 1. The monoisotopic (exact) mass is 232 g/mol. The Kier molecular flexibility index (Phi) is 2.68. The lowest BCUT2D eigenvalue weighted by Crippen LogP contribution is -2.18. The molecule has 0 bridgehead atoms. The quantitative estimate of drug-likeness (QED) is 0.873. The Bertz CT molecular complexity index is 516. The summed E-state index contributed by atoms with van der Waals surface area (Å²) in [6.07, 6.45) is 4.50. The summed E-state index contributed by atoms with van der Waals surface area (Å²) in [6.45, 7) is 3.70. The maximum atomic E-state index is 5.55. The van der Waals surface area contributed by atoms with Crippen molar-refractivity contribution in [1.29, 1.82) is 0 Å². The molecule has 1 aliphatic rings. The Morgan fingerprint density at radius 3 is 3.29 bits per heavy atom. The maximum Gasteiger partial charge on any atom is 0.243 e. The number of hydrogen-bond donors (Lipinski definition) is 1. The van der Waals surface area contributed by atoms with Gasteiger partial charge in [-0.2, -0.15) is 4.98 Å². The van der Waals surface area contributed by atoms with Crippen molar-refractivity contribution >= 4 is 11.6 Å². The highest BCUT2D eigenvalue weighted by Gasteiger charge is 2.15. The summed E-state index contributed by atoms with van der Waals surface area (Å²) in [4.78, 5) is 4.46. The van der Waals surface area contributed by atoms with Crippen LogP contribution in [-0.2, 0) is 4.74 Å². The van der Waals surface area contributed by atoms with Gasteiger partial charge in [0, 0.05) is 19.3 Å². The average molecular weight is 232 g/mol. The highest BCUT2D eigenvalue weighted by molar-refractivity contribution is 5.49. The number of aromatic nitrogens is 3. The van der Waals surface area contributed by atoms with Crippen LogP contribution in [0.3, 0.4) is 0 Å². The molecule has 5 heteroatoms. The van der Waals surface area contributed by atoms with Crippen molar-refractivity contribution in [2.75, 3.05) is 18.5 Å². The first-order valence-electron chi connectivity index (χ1n) is 6.00. The van der Waals surface area contributed by atoms with Crippen molar-refractivity contribution in [3.63, 3.8) is 0 Å². The molecule has 0 spiro atoms. The number of aryl methyl sites for hydroxylation is 1. The van der Waals surface area contributed by atoms with Gasteiger partial charge in [-0.15, -0.1) is 5.10 Å². The van der Waals surface area contributed by atoms with Crippen LogP contribution >= 0.6 is 0 Å². The average Bonchev–Trinajstić information content (AvgIpc) is 2.95. The second kappa shape index (κ2) is 4.33. The van der Waals surface area contributed by atoms with Gasteiger partial charge in [-0.05, 0) is 31.4 Å². The molecule has 1 fully saturated rings. The normalized spacial score (nSPS) is 19.9. The van der Waals surface area contributed by atoms with Crippen molar-refractivity contribution in [3.05, 3.63) is 23.9 Å². The molecule has 1 aliphatic heterocycles. The van der Waals surface area contributed by atoms with Gasteiger partial charge in [-0.25, -0.2) is 4.52 Å². The van der Waals surface area contributed by atoms with E-state index in [4.69, 9.17) is 4.74 Å². The molecule has 90 valence electrons. The summed E-state index contributed by atoms with van der Waals surface area (Å²) in [5.74, 6) is 0.676. The molecule has 0 saturated carbocycles. The fourth-order valence-corrected chi connectivity index (χ4v) is 2.12. The van der Waals surface area contributed by atoms with Gasteiger partial charge in [-0.1, -0.05) is 6.07 Å². The summed E-state index contributed by atoms with van der Waals surface area (Å²) in [7, 11) is 0. The van der Waals surface area contributed by atoms with Crippen LogP contribution in [0.25, 0.3) is 5.65 Å². The SMILES string of the molecule is Cc1cccn2nc(NCC3CCCO3)nc12. The van der Waals surface area contributed by atoms with Crippen LogP contribution in [0, 0.1) is 6.92 Å². The van der Waals surface area contributed by atoms with Crippen molar-refractivity contribution in [2.45, 2.75) is 25.9 Å². The fraction of sp³-hybridized carbons (Fsp3) is 0.500. The molecule has 1 saturated heterocycles. The molecule has 0 aromatic carbocycles. The van der Waals surface area contributed by atoms with Crippen LogP contribution in [0.5, 0.6) is 0 Å². The van der Waals surface area contributed by atoms with Crippen LogP contribution in [0.1, 0.15) is 18.4 Å². The third-order valence-electron chi connectivity index (χ3n) is 3.07. The zero-order valence-corrected chi connectivity index (χ0v) is 9.89. The summed E-state index contributed by atoms with van der Waals surface area (Å²) >= 11 is 0. The number of pyridine rings is 1. The van der Waals surface area contributed by atoms with Gasteiger partial charge in [-0.3, -0.25) is 0 Å². The minimum absolute atomic E-state index is 0.308. The molecule has 2 aromatic rings. The molecule has 1 unspecified atom stereocenters. The topological polar surface area (TPSA) is 51.5 Å². The van der Waals surface area contributed by atoms with Crippen molar-refractivity contribution < 1.29 is 4.74 Å². The van der Waals surface area contributed by atoms with E-state index in [9.17, 15) is 0 Å². The number of ether oxygens (including phenoxy) is 1. The summed E-state index contributed by atoms with van der Waals surface area (Å²) in [5, 5.41) is 7.61. The molecule has 3 heterocycles. The van der Waals surface area contributed by atoms with E-state index in [1.165, 1.54) is 0 Å². The van der Waals surface area contributed by atoms with Gasteiger partial charge in [0.25, 0.3) is 0 Å². The Balaban J connectivity index is 1.74. The Hall–Kier alpha value is -1.62. The van der Waals surface area contributed by atoms with Crippen LogP contribution in [0.2, 0.25) is 0 Å². The van der Waals surface area contributed by atoms with E-state index < -0.39 is 0 Å². The van der Waals surface area contributed by atoms with E-state index >= 15 is 0 Å². The largest absolute Gasteiger partial charge is 0.376 e. The van der Waals surface area contributed by atoms with Crippen LogP contribution in [-0.4, -0.2) is 33.9 Å². The maximum absolute atomic E-state index is 5.55. The van der Waals surface area contributed by atoms with Gasteiger partial charge in [0.05, 0.1) is 6.10 Å². The lowest BCUT2D eigenvalue weighted by atomic mass is 10.2. The summed E-state index contributed by atoms with van der Waals surface area (Å²) in [5.41, 5.74) is 2.03. The van der Waals surface area contributed by atoms with Gasteiger partial charge in [0.1, 0.15) is 0 Å². The smallest absolute Gasteiger partial charge is 0.243 e. The van der Waals surface area contributed by atoms with Gasteiger partial charge in [0.2, 0.25) is 5.95 Å². The molecule has 17 heavy (non-hydrogen) atoms. The zero-order chi connectivity index (χ0) is 11.7. The van der Waals surface area contributed by atoms with E-state index in [1.54, 1.807) is 4.52 Å². The van der Waals surface area contributed by atoms with E-state index in [0.29, 0.717) is 12.1 Å². The number of nitrogens with one attached hydrogen (secondary N) is 1. The Morgan fingerprint density at radius 1 is 1.59 bits per heavy atom. The first kappa shape index (κ1) is 10.5. The summed E-state index contributed by atoms with van der Waals surface area (Å²) < 4.78 is 7.35. The molecule has 0 amide bonds. The molecule has 5 nitrogen and oxygen atoms in total. The highest BCUT2D eigenvalue weighted by Crippen LogP contribution is 2.13. The molecule has 0 radical (unpaired) electrons. The second-order valence-corrected chi connectivity index (χ2v) is 4.41. The van der Waals surface area contributed by atoms with Crippen molar-refractivity contribution in [3.8, 4) is 0 Å². The first-order valence-corrected chi connectivity index (χ1v) is 6.00. The Morgan fingerprint density at radius 2 is 2.53 bits per heavy atom. The van der Waals surface area contributed by atoms with Crippen LogP contribution < -0.4 is 5.32 Å². The summed E-state index contributed by atoms with van der Waals surface area (Å²) in [6, 6.07) is 4.01. The van der Waals surface area contributed by atoms with E-state index in [-0.39, 0.29) is 0 Å². The number of rotatable bonds is 3. The van der Waals surface area contributed by atoms with Crippen LogP contribution in [0.4, 0.5) is 5.95 Å². The molecule has 0 aliphatic carbocycles. The van der Waals surface area contributed by atoms with Crippen LogP contribution in [0.15, 0.2) is 18.3 Å². The molecule has 3 rings (SSSR count). The number of hydrogen-bond acceptors (Lipinski definition) is 4. The standard InChI is InChI=1S/C12H16N4O/c1-9-4-2-6-16-11(9)14-12(15-16)13-8-10-5-3-7-17-10/h2,4,6,10H,3,5,7-8H2,1H3,(H,13,15). The number of nitrogens with zero attached hydrogens (tertiary/aromatic N) is 3. The predicted octanol–water partition coefficient (Wildman–Crippen LogP) is 1.63. The molecular weight excluding hydrogens is 216 g/mol. The molecular formula is C12H16N4O. The third kappa shape index (κ3) is 2.10. The third-order valence-corrected chi connectivity index (χ3v) is 3.07. The molecule has 2 aromatic heterocycles. The Labute approximate surface area is 99.8 Å². The van der Waals surface area contributed by atoms with Crippen molar-refractivity contribution in [2.24, 2.45) is 0 Å².